The van der Waals surface area contributed by atoms with E-state index >= 15 is 4.39 Å². The van der Waals surface area contributed by atoms with Crippen LogP contribution in [-0.4, -0.2) is 65.6 Å². The van der Waals surface area contributed by atoms with Crippen molar-refractivity contribution < 1.29 is 18.3 Å². The summed E-state index contributed by atoms with van der Waals surface area (Å²) in [5.41, 5.74) is 2.28. The summed E-state index contributed by atoms with van der Waals surface area (Å²) < 4.78 is 36.5. The lowest BCUT2D eigenvalue weighted by Crippen LogP contribution is -2.55. The highest BCUT2D eigenvalue weighted by molar-refractivity contribution is 6.31. The minimum atomic E-state index is -1.38. The predicted octanol–water partition coefficient (Wildman–Crippen LogP) is 4.13. The van der Waals surface area contributed by atoms with Gasteiger partial charge in [-0.05, 0) is 55.8 Å². The van der Waals surface area contributed by atoms with Gasteiger partial charge in [-0.3, -0.25) is 4.79 Å². The lowest BCUT2D eigenvalue weighted by atomic mass is 9.68. The van der Waals surface area contributed by atoms with Crippen molar-refractivity contribution in [3.05, 3.63) is 58.0 Å². The number of carbonyl (C=O) groups excluding carboxylic acids is 1. The monoisotopic (exact) mass is 568 g/mol. The van der Waals surface area contributed by atoms with Crippen LogP contribution in [-0.2, 0) is 23.1 Å². The SMILES string of the molecule is C=C(F)C(=O)N1CCN(c2nc(OC[C@H]3CCN3)nc3c2CC[C@@]2(CCc4c(Cl)cccc42)[C@H]3F)C[C@@H]1CC#N. The molecule has 6 rings (SSSR count). The summed E-state index contributed by atoms with van der Waals surface area (Å²) in [5.74, 6) is -1.32. The van der Waals surface area contributed by atoms with Crippen LogP contribution in [0.25, 0.3) is 0 Å². The zero-order valence-electron chi connectivity index (χ0n) is 22.1. The number of amides is 1. The molecule has 0 saturated carbocycles. The minimum Gasteiger partial charge on any atom is -0.462 e. The van der Waals surface area contributed by atoms with Crippen molar-refractivity contribution in [1.82, 2.24) is 20.2 Å². The van der Waals surface area contributed by atoms with Crippen LogP contribution in [0.15, 0.2) is 30.6 Å². The molecule has 2 aliphatic carbocycles. The number of nitriles is 1. The van der Waals surface area contributed by atoms with E-state index < -0.39 is 29.4 Å². The molecule has 1 amide bonds. The van der Waals surface area contributed by atoms with Crippen LogP contribution in [0, 0.1) is 11.3 Å². The largest absolute Gasteiger partial charge is 0.462 e. The van der Waals surface area contributed by atoms with Gasteiger partial charge in [0.25, 0.3) is 5.91 Å². The number of alkyl halides is 1. The minimum absolute atomic E-state index is 0.0197. The fourth-order valence-electron chi connectivity index (χ4n) is 6.68. The molecule has 210 valence electrons. The van der Waals surface area contributed by atoms with Gasteiger partial charge in [0.2, 0.25) is 0 Å². The number of fused-ring (bicyclic) bond motifs is 3. The van der Waals surface area contributed by atoms with E-state index in [9.17, 15) is 14.4 Å². The standard InChI is InChI=1S/C29H31ClF2N6O2/c1-17(31)27(39)38-14-13-37(15-19(38)7-11-33)26-21-6-10-29(9-5-20-22(29)3-2-4-23(20)30)25(32)24(21)35-28(36-26)40-16-18-8-12-34-18/h2-4,18-19,25,34H,1,5-10,12-16H2/t18-,19+,25+,29-/m1/s1. The van der Waals surface area contributed by atoms with Gasteiger partial charge < -0.3 is 19.9 Å². The second-order valence-electron chi connectivity index (χ2n) is 11.1. The number of piperazine rings is 1. The lowest BCUT2D eigenvalue weighted by molar-refractivity contribution is -0.131. The van der Waals surface area contributed by atoms with Crippen LogP contribution in [0.5, 0.6) is 6.01 Å². The quantitative estimate of drug-likeness (QED) is 0.524. The number of anilines is 1. The molecule has 0 bridgehead atoms. The molecule has 4 atom stereocenters. The molecule has 0 unspecified atom stereocenters. The van der Waals surface area contributed by atoms with Crippen LogP contribution < -0.4 is 15.0 Å². The Balaban J connectivity index is 1.37. The lowest BCUT2D eigenvalue weighted by Gasteiger charge is -2.43. The molecular formula is C29H31ClF2N6O2. The Labute approximate surface area is 237 Å². The third-order valence-electron chi connectivity index (χ3n) is 8.96. The number of nitrogens with zero attached hydrogens (tertiary/aromatic N) is 5. The predicted molar refractivity (Wildman–Crippen MR) is 146 cm³/mol. The molecule has 11 heteroatoms. The van der Waals surface area contributed by atoms with Gasteiger partial charge in [0.05, 0.1) is 24.2 Å². The number of halogens is 3. The Kier molecular flexibility index (Phi) is 7.13. The van der Waals surface area contributed by atoms with Crippen molar-refractivity contribution in [1.29, 1.82) is 5.26 Å². The van der Waals surface area contributed by atoms with Gasteiger partial charge in [-0.25, -0.2) is 8.78 Å². The fraction of sp³-hybridized carbons (Fsp3) is 0.517. The first-order chi connectivity index (χ1) is 19.3. The molecular weight excluding hydrogens is 538 g/mol. The smallest absolute Gasteiger partial charge is 0.318 e. The first-order valence-electron chi connectivity index (χ1n) is 13.8. The second kappa shape index (κ2) is 10.6. The maximum atomic E-state index is 16.8. The Morgan fingerprint density at radius 1 is 1.27 bits per heavy atom. The topological polar surface area (TPSA) is 94.4 Å². The normalized spacial score (nSPS) is 27.0. The molecule has 2 aromatic rings. The number of ether oxygens (including phenoxy) is 1. The van der Waals surface area contributed by atoms with E-state index in [0.717, 1.165) is 24.1 Å². The summed E-state index contributed by atoms with van der Waals surface area (Å²) in [6, 6.07) is 7.56. The van der Waals surface area contributed by atoms with Crippen molar-refractivity contribution in [2.24, 2.45) is 0 Å². The van der Waals surface area contributed by atoms with Crippen LogP contribution in [0.1, 0.15) is 54.2 Å². The Morgan fingerprint density at radius 3 is 2.75 bits per heavy atom. The third-order valence-corrected chi connectivity index (χ3v) is 9.32. The van der Waals surface area contributed by atoms with Gasteiger partial charge in [0.1, 0.15) is 12.4 Å². The molecule has 1 aromatic heterocycles. The Morgan fingerprint density at radius 2 is 2.05 bits per heavy atom. The molecule has 2 fully saturated rings. The van der Waals surface area contributed by atoms with Gasteiger partial charge in [-0.2, -0.15) is 15.2 Å². The molecule has 1 spiro atoms. The molecule has 40 heavy (non-hydrogen) atoms. The van der Waals surface area contributed by atoms with E-state index in [1.807, 2.05) is 23.1 Å². The summed E-state index contributed by atoms with van der Waals surface area (Å²) in [5, 5.41) is 13.4. The highest BCUT2D eigenvalue weighted by atomic mass is 35.5. The number of hydrogen-bond acceptors (Lipinski definition) is 7. The van der Waals surface area contributed by atoms with Crippen LogP contribution in [0.2, 0.25) is 5.02 Å². The zero-order valence-corrected chi connectivity index (χ0v) is 22.9. The van der Waals surface area contributed by atoms with Crippen LogP contribution in [0.3, 0.4) is 0 Å². The molecule has 2 aliphatic heterocycles. The van der Waals surface area contributed by atoms with Crippen molar-refractivity contribution in [3.63, 3.8) is 0 Å². The van der Waals surface area contributed by atoms with E-state index in [0.29, 0.717) is 60.9 Å². The number of rotatable bonds is 6. The average Bonchev–Trinajstić information content (AvgIpc) is 3.30. The molecule has 0 radical (unpaired) electrons. The first-order valence-corrected chi connectivity index (χ1v) is 14.2. The number of hydrogen-bond donors (Lipinski definition) is 1. The summed E-state index contributed by atoms with van der Waals surface area (Å²) in [7, 11) is 0. The molecule has 4 aliphatic rings. The van der Waals surface area contributed by atoms with Crippen LogP contribution in [0.4, 0.5) is 14.6 Å². The van der Waals surface area contributed by atoms with E-state index in [4.69, 9.17) is 21.3 Å². The highest BCUT2D eigenvalue weighted by Crippen LogP contribution is 2.56. The van der Waals surface area contributed by atoms with Gasteiger partial charge in [0, 0.05) is 41.7 Å². The Bertz CT molecular complexity index is 1400. The fourth-order valence-corrected chi connectivity index (χ4v) is 6.95. The van der Waals surface area contributed by atoms with E-state index in [1.165, 1.54) is 4.90 Å². The van der Waals surface area contributed by atoms with Crippen molar-refractivity contribution in [2.75, 3.05) is 37.7 Å². The second-order valence-corrected chi connectivity index (χ2v) is 11.5. The molecule has 3 heterocycles. The Hall–Kier alpha value is -3.29. The zero-order chi connectivity index (χ0) is 28.0. The molecule has 2 saturated heterocycles. The van der Waals surface area contributed by atoms with Gasteiger partial charge in [-0.1, -0.05) is 30.3 Å². The summed E-state index contributed by atoms with van der Waals surface area (Å²) >= 11 is 6.49. The van der Waals surface area contributed by atoms with Gasteiger partial charge in [0.15, 0.2) is 12.0 Å². The first kappa shape index (κ1) is 26.9. The van der Waals surface area contributed by atoms with Gasteiger partial charge in [-0.15, -0.1) is 0 Å². The summed E-state index contributed by atoms with van der Waals surface area (Å²) in [4.78, 5) is 25.1. The molecule has 1 N–H and O–H groups in total. The highest BCUT2D eigenvalue weighted by Gasteiger charge is 2.51. The maximum absolute atomic E-state index is 16.8. The van der Waals surface area contributed by atoms with E-state index in [1.54, 1.807) is 0 Å². The third kappa shape index (κ3) is 4.49. The summed E-state index contributed by atoms with van der Waals surface area (Å²) in [6.07, 6.45) is 2.12. The molecule has 8 nitrogen and oxygen atoms in total. The average molecular weight is 569 g/mol. The number of carbonyl (C=O) groups is 1. The van der Waals surface area contributed by atoms with Crippen molar-refractivity contribution in [2.45, 2.75) is 62.2 Å². The van der Waals surface area contributed by atoms with Gasteiger partial charge >= 0.3 is 6.01 Å². The van der Waals surface area contributed by atoms with Crippen LogP contribution >= 0.6 is 11.6 Å². The molecule has 1 aromatic carbocycles. The van der Waals surface area contributed by atoms with E-state index in [2.05, 4.69) is 22.9 Å². The summed E-state index contributed by atoms with van der Waals surface area (Å²) in [6.45, 7) is 5.21. The number of nitrogens with one attached hydrogen (secondary N) is 1. The number of aromatic nitrogens is 2. The maximum Gasteiger partial charge on any atom is 0.318 e. The van der Waals surface area contributed by atoms with Crippen molar-refractivity contribution >= 4 is 23.3 Å². The van der Waals surface area contributed by atoms with Crippen molar-refractivity contribution in [3.8, 4) is 12.1 Å². The van der Waals surface area contributed by atoms with E-state index in [-0.39, 0.29) is 31.6 Å². The number of benzene rings is 1.